The average Bonchev–Trinajstić information content (AvgIpc) is 2.13. The highest BCUT2D eigenvalue weighted by Crippen LogP contribution is 1.96. The molecule has 0 aliphatic rings. The Morgan fingerprint density at radius 2 is 2.23 bits per heavy atom. The number of unbranched alkanes of at least 4 members (excludes halogenated alkanes) is 1. The highest BCUT2D eigenvalue weighted by Gasteiger charge is 1.99. The first-order valence-corrected chi connectivity index (χ1v) is 4.57. The van der Waals surface area contributed by atoms with Crippen molar-refractivity contribution in [1.82, 2.24) is 0 Å². The van der Waals surface area contributed by atoms with Gasteiger partial charge in [0.2, 0.25) is 0 Å². The molecule has 0 saturated heterocycles. The maximum Gasteiger partial charge on any atom is 0.306 e. The van der Waals surface area contributed by atoms with Gasteiger partial charge in [0.05, 0.1) is 6.61 Å². The van der Waals surface area contributed by atoms with Crippen molar-refractivity contribution in [3.8, 4) is 0 Å². The lowest BCUT2D eigenvalue weighted by molar-refractivity contribution is -0.143. The predicted molar refractivity (Wildman–Crippen MR) is 50.3 cm³/mol. The molecule has 0 fully saturated rings. The topological polar surface area (TPSA) is 43.4 Å². The Kier molecular flexibility index (Phi) is 8.20. The fourth-order valence-electron chi connectivity index (χ4n) is 0.755. The largest absolute Gasteiger partial charge is 0.466 e. The van der Waals surface area contributed by atoms with Crippen LogP contribution in [0.3, 0.4) is 0 Å². The highest BCUT2D eigenvalue weighted by molar-refractivity contribution is 5.70. The van der Waals surface area contributed by atoms with Crippen molar-refractivity contribution in [1.29, 1.82) is 0 Å². The number of carbonyl (C=O) groups excluding carboxylic acids is 2. The molecule has 0 radical (unpaired) electrons. The van der Waals surface area contributed by atoms with E-state index in [-0.39, 0.29) is 5.97 Å². The zero-order valence-corrected chi connectivity index (χ0v) is 7.99. The fraction of sp³-hybridized carbons (Fsp3) is 0.600. The van der Waals surface area contributed by atoms with E-state index in [0.29, 0.717) is 25.7 Å². The first-order valence-electron chi connectivity index (χ1n) is 4.57. The van der Waals surface area contributed by atoms with Crippen molar-refractivity contribution in [2.75, 3.05) is 6.61 Å². The molecule has 0 aromatic rings. The summed E-state index contributed by atoms with van der Waals surface area (Å²) in [7, 11) is 0. The summed E-state index contributed by atoms with van der Waals surface area (Å²) >= 11 is 0. The van der Waals surface area contributed by atoms with Crippen LogP contribution in [0, 0.1) is 0 Å². The van der Waals surface area contributed by atoms with Gasteiger partial charge in [0.15, 0.2) is 0 Å². The molecular formula is C10H16O3. The SMILES string of the molecule is CCCCOC(=O)CC/C=C/C=O. The van der Waals surface area contributed by atoms with Crippen LogP contribution in [0.25, 0.3) is 0 Å². The quantitative estimate of drug-likeness (QED) is 0.262. The van der Waals surface area contributed by atoms with Crippen molar-refractivity contribution in [3.05, 3.63) is 12.2 Å². The van der Waals surface area contributed by atoms with Crippen LogP contribution in [0.15, 0.2) is 12.2 Å². The van der Waals surface area contributed by atoms with Gasteiger partial charge in [-0.2, -0.15) is 0 Å². The van der Waals surface area contributed by atoms with Crippen molar-refractivity contribution in [2.24, 2.45) is 0 Å². The van der Waals surface area contributed by atoms with Crippen LogP contribution in [-0.2, 0) is 14.3 Å². The fourth-order valence-corrected chi connectivity index (χ4v) is 0.755. The van der Waals surface area contributed by atoms with Gasteiger partial charge in [0.1, 0.15) is 6.29 Å². The Morgan fingerprint density at radius 1 is 1.46 bits per heavy atom. The van der Waals surface area contributed by atoms with Crippen molar-refractivity contribution in [2.45, 2.75) is 32.6 Å². The van der Waals surface area contributed by atoms with Gasteiger partial charge in [0.25, 0.3) is 0 Å². The molecule has 0 aromatic heterocycles. The van der Waals surface area contributed by atoms with Gasteiger partial charge in [-0.05, 0) is 18.9 Å². The Hall–Kier alpha value is -1.12. The monoisotopic (exact) mass is 184 g/mol. The normalized spacial score (nSPS) is 10.2. The lowest BCUT2D eigenvalue weighted by Gasteiger charge is -2.01. The summed E-state index contributed by atoms with van der Waals surface area (Å²) in [5.41, 5.74) is 0. The summed E-state index contributed by atoms with van der Waals surface area (Å²) < 4.78 is 4.90. The third-order valence-corrected chi connectivity index (χ3v) is 1.49. The molecule has 0 aliphatic heterocycles. The summed E-state index contributed by atoms with van der Waals surface area (Å²) in [5.74, 6) is -0.191. The predicted octanol–water partition coefficient (Wildman–Crippen LogP) is 1.86. The Bertz CT molecular complexity index is 173. The molecule has 0 unspecified atom stereocenters. The van der Waals surface area contributed by atoms with Crippen LogP contribution in [0.2, 0.25) is 0 Å². The van der Waals surface area contributed by atoms with E-state index in [2.05, 4.69) is 0 Å². The number of ether oxygens (including phenoxy) is 1. The van der Waals surface area contributed by atoms with Crippen LogP contribution in [0.5, 0.6) is 0 Å². The molecule has 0 aromatic carbocycles. The molecule has 0 N–H and O–H groups in total. The van der Waals surface area contributed by atoms with Gasteiger partial charge in [-0.15, -0.1) is 0 Å². The maximum absolute atomic E-state index is 10.9. The summed E-state index contributed by atoms with van der Waals surface area (Å²) in [6, 6.07) is 0. The smallest absolute Gasteiger partial charge is 0.306 e. The van der Waals surface area contributed by atoms with Gasteiger partial charge < -0.3 is 4.74 Å². The molecule has 0 spiro atoms. The van der Waals surface area contributed by atoms with Crippen LogP contribution in [0.1, 0.15) is 32.6 Å². The zero-order chi connectivity index (χ0) is 9.94. The number of aldehydes is 1. The number of allylic oxidation sites excluding steroid dienone is 2. The molecule has 3 heteroatoms. The van der Waals surface area contributed by atoms with E-state index in [1.54, 1.807) is 6.08 Å². The van der Waals surface area contributed by atoms with Gasteiger partial charge in [-0.1, -0.05) is 19.4 Å². The van der Waals surface area contributed by atoms with Crippen LogP contribution in [0.4, 0.5) is 0 Å². The Labute approximate surface area is 78.8 Å². The van der Waals surface area contributed by atoms with Crippen molar-refractivity contribution >= 4 is 12.3 Å². The number of carbonyl (C=O) groups is 2. The van der Waals surface area contributed by atoms with Gasteiger partial charge >= 0.3 is 5.97 Å². The molecular weight excluding hydrogens is 168 g/mol. The number of hydrogen-bond donors (Lipinski definition) is 0. The first-order chi connectivity index (χ1) is 6.31. The van der Waals surface area contributed by atoms with E-state index in [0.717, 1.165) is 12.8 Å². The second-order valence-corrected chi connectivity index (χ2v) is 2.68. The Balaban J connectivity index is 3.29. The van der Waals surface area contributed by atoms with Crippen molar-refractivity contribution in [3.63, 3.8) is 0 Å². The summed E-state index contributed by atoms with van der Waals surface area (Å²) in [5, 5.41) is 0. The minimum absolute atomic E-state index is 0.191. The van der Waals surface area contributed by atoms with Crippen molar-refractivity contribution < 1.29 is 14.3 Å². The molecule has 0 saturated carbocycles. The molecule has 3 nitrogen and oxygen atoms in total. The molecule has 0 aliphatic carbocycles. The highest BCUT2D eigenvalue weighted by atomic mass is 16.5. The molecule has 0 amide bonds. The second kappa shape index (κ2) is 8.97. The average molecular weight is 184 g/mol. The van der Waals surface area contributed by atoms with Crippen LogP contribution >= 0.6 is 0 Å². The van der Waals surface area contributed by atoms with E-state index in [1.807, 2.05) is 6.92 Å². The molecule has 0 rings (SSSR count). The minimum Gasteiger partial charge on any atom is -0.466 e. The van der Waals surface area contributed by atoms with E-state index < -0.39 is 0 Å². The van der Waals surface area contributed by atoms with Gasteiger partial charge in [-0.3, -0.25) is 9.59 Å². The molecule has 0 atom stereocenters. The standard InChI is InChI=1S/C10H16O3/c1-2-3-9-13-10(12)7-5-4-6-8-11/h4,6,8H,2-3,5,7,9H2,1H3/b6-4+. The third kappa shape index (κ3) is 8.79. The summed E-state index contributed by atoms with van der Waals surface area (Å²) in [4.78, 5) is 20.8. The van der Waals surface area contributed by atoms with Crippen LogP contribution in [-0.4, -0.2) is 18.9 Å². The van der Waals surface area contributed by atoms with E-state index in [1.165, 1.54) is 6.08 Å². The number of esters is 1. The zero-order valence-electron chi connectivity index (χ0n) is 7.99. The van der Waals surface area contributed by atoms with Gasteiger partial charge in [0, 0.05) is 6.42 Å². The van der Waals surface area contributed by atoms with Gasteiger partial charge in [-0.25, -0.2) is 0 Å². The Morgan fingerprint density at radius 3 is 2.85 bits per heavy atom. The van der Waals surface area contributed by atoms with Crippen LogP contribution < -0.4 is 0 Å². The maximum atomic E-state index is 10.9. The molecule has 0 bridgehead atoms. The first kappa shape index (κ1) is 11.9. The molecule has 74 valence electrons. The number of rotatable bonds is 7. The number of hydrogen-bond acceptors (Lipinski definition) is 3. The molecule has 0 heterocycles. The third-order valence-electron chi connectivity index (χ3n) is 1.49. The second-order valence-electron chi connectivity index (χ2n) is 2.68. The lowest BCUT2D eigenvalue weighted by atomic mass is 10.3. The van der Waals surface area contributed by atoms with E-state index in [9.17, 15) is 9.59 Å². The molecule has 13 heavy (non-hydrogen) atoms. The lowest BCUT2D eigenvalue weighted by Crippen LogP contribution is -2.04. The summed E-state index contributed by atoms with van der Waals surface area (Å²) in [6.07, 6.45) is 6.61. The minimum atomic E-state index is -0.191. The van der Waals surface area contributed by atoms with E-state index in [4.69, 9.17) is 4.74 Å². The van der Waals surface area contributed by atoms with E-state index >= 15 is 0 Å². The summed E-state index contributed by atoms with van der Waals surface area (Å²) in [6.45, 7) is 2.55.